The molecule has 0 saturated carbocycles. The largest absolute Gasteiger partial charge is 0.398 e. The molecule has 0 heterocycles. The first kappa shape index (κ1) is 12.3. The number of aliphatic hydroxyl groups excluding tert-OH is 1. The molecule has 1 aromatic carbocycles. The van der Waals surface area contributed by atoms with Crippen LogP contribution < -0.4 is 11.1 Å². The third-order valence-electron chi connectivity index (χ3n) is 2.75. The van der Waals surface area contributed by atoms with Gasteiger partial charge in [0.2, 0.25) is 0 Å². The highest BCUT2D eigenvalue weighted by Gasteiger charge is 2.20. The molecule has 1 unspecified atom stereocenters. The Balaban J connectivity index is 2.95. The first-order valence-electron chi connectivity index (χ1n) is 5.23. The van der Waals surface area contributed by atoms with Gasteiger partial charge in [0.25, 0.3) is 0 Å². The zero-order chi connectivity index (χ0) is 12.2. The van der Waals surface area contributed by atoms with Crippen molar-refractivity contribution in [3.05, 3.63) is 23.8 Å². The Bertz CT molecular complexity index is 405. The van der Waals surface area contributed by atoms with Gasteiger partial charge in [-0.2, -0.15) is 5.26 Å². The van der Waals surface area contributed by atoms with Gasteiger partial charge in [-0.1, -0.05) is 6.92 Å². The molecule has 1 atom stereocenters. The molecular weight excluding hydrogens is 202 g/mol. The summed E-state index contributed by atoms with van der Waals surface area (Å²) >= 11 is 0. The zero-order valence-corrected chi connectivity index (χ0v) is 9.62. The van der Waals surface area contributed by atoms with Crippen molar-refractivity contribution in [3.8, 4) is 6.07 Å². The summed E-state index contributed by atoms with van der Waals surface area (Å²) in [6.45, 7) is 3.96. The molecule has 0 bridgehead atoms. The molecule has 0 aliphatic heterocycles. The van der Waals surface area contributed by atoms with Crippen LogP contribution in [0.3, 0.4) is 0 Å². The van der Waals surface area contributed by atoms with Crippen molar-refractivity contribution >= 4 is 11.4 Å². The number of nitrogens with zero attached hydrogens (tertiary/aromatic N) is 1. The van der Waals surface area contributed by atoms with Crippen LogP contribution >= 0.6 is 0 Å². The summed E-state index contributed by atoms with van der Waals surface area (Å²) in [5, 5.41) is 21.3. The second-order valence-corrected chi connectivity index (χ2v) is 4.11. The van der Waals surface area contributed by atoms with E-state index >= 15 is 0 Å². The number of anilines is 2. The van der Waals surface area contributed by atoms with Crippen LogP contribution in [-0.2, 0) is 0 Å². The summed E-state index contributed by atoms with van der Waals surface area (Å²) in [6, 6.07) is 7.22. The average molecular weight is 219 g/mol. The van der Waals surface area contributed by atoms with E-state index in [1.807, 2.05) is 19.9 Å². The van der Waals surface area contributed by atoms with Crippen LogP contribution in [0.4, 0.5) is 11.4 Å². The van der Waals surface area contributed by atoms with Gasteiger partial charge in [-0.3, -0.25) is 0 Å². The maximum atomic E-state index is 9.28. The molecule has 4 N–H and O–H groups in total. The van der Waals surface area contributed by atoms with E-state index in [1.54, 1.807) is 18.2 Å². The molecule has 0 saturated heterocycles. The number of nitrogens with one attached hydrogen (secondary N) is 1. The quantitative estimate of drug-likeness (QED) is 0.673. The molecule has 0 aliphatic rings. The van der Waals surface area contributed by atoms with E-state index in [1.165, 1.54) is 0 Å². The minimum absolute atomic E-state index is 0.0375. The summed E-state index contributed by atoms with van der Waals surface area (Å²) in [4.78, 5) is 0. The fourth-order valence-electron chi connectivity index (χ4n) is 1.32. The molecule has 4 nitrogen and oxygen atoms in total. The number of nitrogen functional groups attached to an aromatic ring is 1. The van der Waals surface area contributed by atoms with Gasteiger partial charge in [0.05, 0.1) is 17.7 Å². The van der Waals surface area contributed by atoms with E-state index in [0.29, 0.717) is 11.3 Å². The lowest BCUT2D eigenvalue weighted by atomic mass is 9.99. The second-order valence-electron chi connectivity index (χ2n) is 4.11. The lowest BCUT2D eigenvalue weighted by Crippen LogP contribution is -2.37. The third-order valence-corrected chi connectivity index (χ3v) is 2.75. The van der Waals surface area contributed by atoms with Crippen LogP contribution in [0.1, 0.15) is 25.8 Å². The molecule has 1 rings (SSSR count). The Morgan fingerprint density at radius 3 is 2.75 bits per heavy atom. The predicted octanol–water partition coefficient (Wildman–Crippen LogP) is 1.71. The highest BCUT2D eigenvalue weighted by atomic mass is 16.3. The van der Waals surface area contributed by atoms with Crippen molar-refractivity contribution in [1.82, 2.24) is 0 Å². The van der Waals surface area contributed by atoms with Crippen molar-refractivity contribution in [1.29, 1.82) is 5.26 Å². The highest BCUT2D eigenvalue weighted by molar-refractivity contribution is 5.62. The monoisotopic (exact) mass is 219 g/mol. The molecule has 0 aliphatic carbocycles. The lowest BCUT2D eigenvalue weighted by Gasteiger charge is -2.28. The summed E-state index contributed by atoms with van der Waals surface area (Å²) in [6.07, 6.45) is 0.787. The van der Waals surface area contributed by atoms with Gasteiger partial charge in [-0.25, -0.2) is 0 Å². The van der Waals surface area contributed by atoms with E-state index in [-0.39, 0.29) is 12.1 Å². The molecule has 1 aromatic rings. The fraction of sp³-hybridized carbons (Fsp3) is 0.417. The van der Waals surface area contributed by atoms with Crippen molar-refractivity contribution in [2.24, 2.45) is 0 Å². The predicted molar refractivity (Wildman–Crippen MR) is 65.0 cm³/mol. The third kappa shape index (κ3) is 2.65. The molecule has 16 heavy (non-hydrogen) atoms. The molecule has 86 valence electrons. The Kier molecular flexibility index (Phi) is 3.75. The number of hydrogen-bond acceptors (Lipinski definition) is 4. The maximum absolute atomic E-state index is 9.28. The Morgan fingerprint density at radius 2 is 2.25 bits per heavy atom. The summed E-state index contributed by atoms with van der Waals surface area (Å²) in [5.41, 5.74) is 6.97. The van der Waals surface area contributed by atoms with E-state index in [0.717, 1.165) is 12.1 Å². The minimum Gasteiger partial charge on any atom is -0.398 e. The number of aliphatic hydroxyl groups is 1. The Morgan fingerprint density at radius 1 is 1.56 bits per heavy atom. The number of nitrogens with two attached hydrogens (primary N) is 1. The highest BCUT2D eigenvalue weighted by Crippen LogP contribution is 2.21. The first-order chi connectivity index (χ1) is 7.54. The van der Waals surface area contributed by atoms with Gasteiger partial charge < -0.3 is 16.2 Å². The number of nitriles is 1. The normalized spacial score (nSPS) is 13.9. The summed E-state index contributed by atoms with van der Waals surface area (Å²) in [5.74, 6) is 0. The molecule has 0 radical (unpaired) electrons. The van der Waals surface area contributed by atoms with Crippen LogP contribution in [0.25, 0.3) is 0 Å². The van der Waals surface area contributed by atoms with Crippen LogP contribution in [0.15, 0.2) is 18.2 Å². The van der Waals surface area contributed by atoms with Crippen LogP contribution in [0, 0.1) is 11.3 Å². The molecule has 0 fully saturated rings. The summed E-state index contributed by atoms with van der Waals surface area (Å²) < 4.78 is 0. The van der Waals surface area contributed by atoms with E-state index in [2.05, 4.69) is 5.32 Å². The van der Waals surface area contributed by atoms with Gasteiger partial charge in [0.15, 0.2) is 0 Å². The van der Waals surface area contributed by atoms with Crippen LogP contribution in [0.2, 0.25) is 0 Å². The molecule has 0 aromatic heterocycles. The average Bonchev–Trinajstić information content (AvgIpc) is 2.31. The number of benzene rings is 1. The number of rotatable bonds is 4. The van der Waals surface area contributed by atoms with Crippen molar-refractivity contribution in [2.75, 3.05) is 17.7 Å². The van der Waals surface area contributed by atoms with Crippen molar-refractivity contribution in [3.63, 3.8) is 0 Å². The number of hydrogen-bond donors (Lipinski definition) is 3. The smallest absolute Gasteiger partial charge is 0.101 e. The molecule has 0 amide bonds. The van der Waals surface area contributed by atoms with E-state index < -0.39 is 0 Å². The standard InChI is InChI=1S/C12H17N3O/c1-3-12(2,8-16)15-10-4-5-11(14)9(6-10)7-13/h4-6,15-16H,3,8,14H2,1-2H3. The van der Waals surface area contributed by atoms with Gasteiger partial charge in [-0.05, 0) is 31.5 Å². The topological polar surface area (TPSA) is 82.1 Å². The maximum Gasteiger partial charge on any atom is 0.101 e. The second kappa shape index (κ2) is 4.86. The molecular formula is C12H17N3O. The Labute approximate surface area is 95.7 Å². The van der Waals surface area contributed by atoms with Gasteiger partial charge in [0.1, 0.15) is 6.07 Å². The Hall–Kier alpha value is -1.73. The van der Waals surface area contributed by atoms with Crippen molar-refractivity contribution < 1.29 is 5.11 Å². The van der Waals surface area contributed by atoms with Crippen molar-refractivity contribution in [2.45, 2.75) is 25.8 Å². The van der Waals surface area contributed by atoms with Crippen LogP contribution in [-0.4, -0.2) is 17.3 Å². The molecule has 4 heteroatoms. The van der Waals surface area contributed by atoms with Gasteiger partial charge in [0, 0.05) is 11.4 Å². The minimum atomic E-state index is -0.372. The lowest BCUT2D eigenvalue weighted by molar-refractivity contribution is 0.219. The van der Waals surface area contributed by atoms with Crippen LogP contribution in [0.5, 0.6) is 0 Å². The van der Waals surface area contributed by atoms with E-state index in [9.17, 15) is 5.11 Å². The zero-order valence-electron chi connectivity index (χ0n) is 9.62. The summed E-state index contributed by atoms with van der Waals surface area (Å²) in [7, 11) is 0. The SMILES string of the molecule is CCC(C)(CO)Nc1ccc(N)c(C#N)c1. The van der Waals surface area contributed by atoms with Gasteiger partial charge in [-0.15, -0.1) is 0 Å². The van der Waals surface area contributed by atoms with Gasteiger partial charge >= 0.3 is 0 Å². The molecule has 0 spiro atoms. The van der Waals surface area contributed by atoms with E-state index in [4.69, 9.17) is 11.0 Å². The fourth-order valence-corrected chi connectivity index (χ4v) is 1.32. The first-order valence-corrected chi connectivity index (χ1v) is 5.23.